The van der Waals surface area contributed by atoms with Crippen molar-refractivity contribution in [1.82, 2.24) is 10.6 Å². The number of rotatable bonds is 8. The van der Waals surface area contributed by atoms with Crippen molar-refractivity contribution in [3.05, 3.63) is 0 Å². The molecule has 1 aliphatic carbocycles. The molecule has 2 unspecified atom stereocenters. The van der Waals surface area contributed by atoms with Gasteiger partial charge in [0.25, 0.3) is 0 Å². The Morgan fingerprint density at radius 3 is 1.94 bits per heavy atom. The van der Waals surface area contributed by atoms with Crippen LogP contribution in [0.3, 0.4) is 0 Å². The standard InChI is InChI=1S/C12H22N2O4/c1-3-5-13-12(14-6-4-2)7-8(10(15)16)9(12)11(17)18/h8-9,13-14H,3-7H2,1-2H3,(H,15,16)(H,17,18). The van der Waals surface area contributed by atoms with Gasteiger partial charge in [-0.05, 0) is 32.4 Å². The van der Waals surface area contributed by atoms with Gasteiger partial charge in [0.2, 0.25) is 0 Å². The van der Waals surface area contributed by atoms with Crippen molar-refractivity contribution in [3.8, 4) is 0 Å². The van der Waals surface area contributed by atoms with Crippen LogP contribution in [0.15, 0.2) is 0 Å². The lowest BCUT2D eigenvalue weighted by atomic mass is 9.63. The summed E-state index contributed by atoms with van der Waals surface area (Å²) in [5.41, 5.74) is -0.763. The minimum absolute atomic E-state index is 0.319. The first-order valence-electron chi connectivity index (χ1n) is 6.44. The van der Waals surface area contributed by atoms with Crippen molar-refractivity contribution < 1.29 is 19.8 Å². The highest BCUT2D eigenvalue weighted by atomic mass is 16.4. The molecule has 0 aromatic heterocycles. The highest BCUT2D eigenvalue weighted by Gasteiger charge is 2.60. The molecule has 1 saturated carbocycles. The van der Waals surface area contributed by atoms with Crippen molar-refractivity contribution >= 4 is 11.9 Å². The average Bonchev–Trinajstić information content (AvgIpc) is 2.26. The van der Waals surface area contributed by atoms with E-state index in [2.05, 4.69) is 10.6 Å². The van der Waals surface area contributed by atoms with Gasteiger partial charge in [-0.25, -0.2) is 0 Å². The van der Waals surface area contributed by atoms with Crippen molar-refractivity contribution in [2.24, 2.45) is 11.8 Å². The van der Waals surface area contributed by atoms with E-state index < -0.39 is 29.4 Å². The van der Waals surface area contributed by atoms with Crippen LogP contribution in [0, 0.1) is 11.8 Å². The van der Waals surface area contributed by atoms with Gasteiger partial charge in [-0.3, -0.25) is 20.2 Å². The fraction of sp³-hybridized carbons (Fsp3) is 0.833. The van der Waals surface area contributed by atoms with Crippen LogP contribution in [0.4, 0.5) is 0 Å². The molecule has 6 heteroatoms. The van der Waals surface area contributed by atoms with E-state index in [-0.39, 0.29) is 0 Å². The molecule has 104 valence electrons. The lowest BCUT2D eigenvalue weighted by molar-refractivity contribution is -0.172. The van der Waals surface area contributed by atoms with Gasteiger partial charge >= 0.3 is 11.9 Å². The van der Waals surface area contributed by atoms with Gasteiger partial charge in [-0.15, -0.1) is 0 Å². The topological polar surface area (TPSA) is 98.7 Å². The summed E-state index contributed by atoms with van der Waals surface area (Å²) < 4.78 is 0. The van der Waals surface area contributed by atoms with Crippen molar-refractivity contribution in [2.75, 3.05) is 13.1 Å². The molecule has 0 spiro atoms. The Kier molecular flexibility index (Phi) is 5.10. The maximum Gasteiger partial charge on any atom is 0.310 e. The van der Waals surface area contributed by atoms with E-state index in [1.54, 1.807) is 0 Å². The van der Waals surface area contributed by atoms with Gasteiger partial charge < -0.3 is 10.2 Å². The smallest absolute Gasteiger partial charge is 0.310 e. The largest absolute Gasteiger partial charge is 0.481 e. The summed E-state index contributed by atoms with van der Waals surface area (Å²) >= 11 is 0. The summed E-state index contributed by atoms with van der Waals surface area (Å²) in [7, 11) is 0. The second kappa shape index (κ2) is 6.15. The van der Waals surface area contributed by atoms with E-state index in [9.17, 15) is 14.7 Å². The monoisotopic (exact) mass is 258 g/mol. The second-order valence-electron chi connectivity index (χ2n) is 4.79. The molecular weight excluding hydrogens is 236 g/mol. The lowest BCUT2D eigenvalue weighted by Gasteiger charge is -2.52. The van der Waals surface area contributed by atoms with Crippen molar-refractivity contribution in [1.29, 1.82) is 0 Å². The van der Waals surface area contributed by atoms with Gasteiger partial charge in [-0.1, -0.05) is 13.8 Å². The van der Waals surface area contributed by atoms with Gasteiger partial charge in [-0.2, -0.15) is 0 Å². The molecule has 6 nitrogen and oxygen atoms in total. The van der Waals surface area contributed by atoms with E-state index in [0.717, 1.165) is 12.8 Å². The van der Waals surface area contributed by atoms with Gasteiger partial charge in [0.05, 0.1) is 11.6 Å². The Labute approximate surface area is 107 Å². The Balaban J connectivity index is 2.82. The number of carbonyl (C=O) groups is 2. The van der Waals surface area contributed by atoms with E-state index >= 15 is 0 Å². The minimum atomic E-state index is -1.05. The molecule has 0 radical (unpaired) electrons. The highest BCUT2D eigenvalue weighted by Crippen LogP contribution is 2.42. The molecule has 1 fully saturated rings. The number of carboxylic acids is 2. The number of aliphatic carboxylic acids is 2. The first kappa shape index (κ1) is 14.9. The zero-order valence-electron chi connectivity index (χ0n) is 10.9. The molecule has 4 N–H and O–H groups in total. The quantitative estimate of drug-likeness (QED) is 0.473. The minimum Gasteiger partial charge on any atom is -0.481 e. The van der Waals surface area contributed by atoms with Crippen LogP contribution in [0.5, 0.6) is 0 Å². The maximum atomic E-state index is 11.3. The van der Waals surface area contributed by atoms with E-state index in [0.29, 0.717) is 19.5 Å². The third kappa shape index (κ3) is 2.81. The van der Waals surface area contributed by atoms with Crippen LogP contribution in [0.2, 0.25) is 0 Å². The molecule has 0 aromatic rings. The Morgan fingerprint density at radius 2 is 1.61 bits per heavy atom. The average molecular weight is 258 g/mol. The van der Waals surface area contributed by atoms with Gasteiger partial charge in [0.1, 0.15) is 5.92 Å². The number of carboxylic acid groups (broad SMARTS) is 2. The predicted molar refractivity (Wildman–Crippen MR) is 66.2 cm³/mol. The van der Waals surface area contributed by atoms with Gasteiger partial charge in [0.15, 0.2) is 0 Å². The highest BCUT2D eigenvalue weighted by molar-refractivity contribution is 5.83. The zero-order chi connectivity index (χ0) is 13.8. The molecule has 0 aliphatic heterocycles. The van der Waals surface area contributed by atoms with Crippen LogP contribution in [-0.2, 0) is 9.59 Å². The summed E-state index contributed by atoms with van der Waals surface area (Å²) in [6, 6.07) is 0. The molecule has 0 saturated heterocycles. The first-order valence-corrected chi connectivity index (χ1v) is 6.44. The predicted octanol–water partition coefficient (Wildman–Crippen LogP) is 0.487. The fourth-order valence-corrected chi connectivity index (χ4v) is 2.51. The van der Waals surface area contributed by atoms with E-state index in [4.69, 9.17) is 5.11 Å². The molecule has 0 amide bonds. The molecule has 1 rings (SSSR count). The molecule has 0 bridgehead atoms. The lowest BCUT2D eigenvalue weighted by Crippen LogP contribution is -2.74. The first-order chi connectivity index (χ1) is 8.48. The SMILES string of the molecule is CCCNC1(NCCC)CC(C(=O)O)C1C(=O)O. The summed E-state index contributed by atoms with van der Waals surface area (Å²) in [4.78, 5) is 22.3. The molecule has 1 aliphatic rings. The summed E-state index contributed by atoms with van der Waals surface area (Å²) in [5, 5.41) is 24.6. The second-order valence-corrected chi connectivity index (χ2v) is 4.79. The molecule has 0 aromatic carbocycles. The van der Waals surface area contributed by atoms with Crippen molar-refractivity contribution in [2.45, 2.75) is 38.8 Å². The molecule has 0 heterocycles. The Bertz CT molecular complexity index is 311. The van der Waals surface area contributed by atoms with E-state index in [1.165, 1.54) is 0 Å². The zero-order valence-corrected chi connectivity index (χ0v) is 10.9. The number of hydrogen-bond donors (Lipinski definition) is 4. The third-order valence-electron chi connectivity index (χ3n) is 3.44. The van der Waals surface area contributed by atoms with Crippen molar-refractivity contribution in [3.63, 3.8) is 0 Å². The Morgan fingerprint density at radius 1 is 1.11 bits per heavy atom. The summed E-state index contributed by atoms with van der Waals surface area (Å²) in [6.45, 7) is 5.33. The van der Waals surface area contributed by atoms with Crippen LogP contribution < -0.4 is 10.6 Å². The molecule has 18 heavy (non-hydrogen) atoms. The molecular formula is C12H22N2O4. The third-order valence-corrected chi connectivity index (χ3v) is 3.44. The van der Waals surface area contributed by atoms with E-state index in [1.807, 2.05) is 13.8 Å². The maximum absolute atomic E-state index is 11.3. The summed E-state index contributed by atoms with van der Waals surface area (Å²) in [5.74, 6) is -3.81. The molecule has 2 atom stereocenters. The number of nitrogens with one attached hydrogen (secondary N) is 2. The van der Waals surface area contributed by atoms with Crippen LogP contribution >= 0.6 is 0 Å². The summed E-state index contributed by atoms with van der Waals surface area (Å²) in [6.07, 6.45) is 2.07. The number of hydrogen-bond acceptors (Lipinski definition) is 4. The fourth-order valence-electron chi connectivity index (χ4n) is 2.51. The van der Waals surface area contributed by atoms with Crippen LogP contribution in [0.25, 0.3) is 0 Å². The van der Waals surface area contributed by atoms with Gasteiger partial charge in [0, 0.05) is 0 Å². The van der Waals surface area contributed by atoms with Crippen LogP contribution in [0.1, 0.15) is 33.1 Å². The van der Waals surface area contributed by atoms with Crippen LogP contribution in [-0.4, -0.2) is 40.9 Å². The Hall–Kier alpha value is -1.14. The normalized spacial score (nSPS) is 25.4.